The highest BCUT2D eigenvalue weighted by atomic mass is 15.2. The zero-order valence-corrected chi connectivity index (χ0v) is 11.2. The van der Waals surface area contributed by atoms with Crippen molar-refractivity contribution in [2.75, 3.05) is 6.54 Å². The van der Waals surface area contributed by atoms with Crippen LogP contribution >= 0.6 is 0 Å². The summed E-state index contributed by atoms with van der Waals surface area (Å²) in [6, 6.07) is 1.46. The smallest absolute Gasteiger partial charge is 0.0534 e. The fourth-order valence-electron chi connectivity index (χ4n) is 3.61. The summed E-state index contributed by atoms with van der Waals surface area (Å²) in [4.78, 5) is 0. The maximum absolute atomic E-state index is 4.22. The summed E-state index contributed by atoms with van der Waals surface area (Å²) in [5.74, 6) is 0.837. The Morgan fingerprint density at radius 3 is 3.06 bits per heavy atom. The van der Waals surface area contributed by atoms with Gasteiger partial charge in [0.2, 0.25) is 0 Å². The Morgan fingerprint density at radius 2 is 2.33 bits per heavy atom. The van der Waals surface area contributed by atoms with Crippen LogP contribution in [0.3, 0.4) is 0 Å². The Morgan fingerprint density at radius 1 is 1.39 bits per heavy atom. The monoisotopic (exact) mass is 248 g/mol. The quantitative estimate of drug-likeness (QED) is 0.847. The van der Waals surface area contributed by atoms with E-state index in [1.807, 2.05) is 17.9 Å². The summed E-state index contributed by atoms with van der Waals surface area (Å²) in [5.41, 5.74) is 1.29. The predicted molar refractivity (Wildman–Crippen MR) is 72.2 cm³/mol. The van der Waals surface area contributed by atoms with Gasteiger partial charge in [-0.2, -0.15) is 5.10 Å². The first-order valence-corrected chi connectivity index (χ1v) is 7.27. The van der Waals surface area contributed by atoms with E-state index in [2.05, 4.69) is 21.9 Å². The molecule has 1 aliphatic heterocycles. The molecule has 0 aromatic carbocycles. The first-order valence-electron chi connectivity index (χ1n) is 7.27. The van der Waals surface area contributed by atoms with E-state index in [-0.39, 0.29) is 0 Å². The van der Waals surface area contributed by atoms with Crippen molar-refractivity contribution in [3.8, 4) is 0 Å². The molecule has 1 aromatic rings. The van der Waals surface area contributed by atoms with E-state index in [1.165, 1.54) is 44.2 Å². The lowest BCUT2D eigenvalue weighted by molar-refractivity contribution is 0.320. The van der Waals surface area contributed by atoms with Crippen LogP contribution in [0.2, 0.25) is 0 Å². The molecule has 1 saturated heterocycles. The summed E-state index contributed by atoms with van der Waals surface area (Å²) in [6.07, 6.45) is 10.9. The molecule has 0 bridgehead atoms. The molecule has 4 nitrogen and oxygen atoms in total. The van der Waals surface area contributed by atoms with Crippen LogP contribution in [0.15, 0.2) is 12.4 Å². The molecule has 18 heavy (non-hydrogen) atoms. The number of aryl methyl sites for hydroxylation is 1. The van der Waals surface area contributed by atoms with Crippen molar-refractivity contribution >= 4 is 0 Å². The molecule has 1 aromatic heterocycles. The van der Waals surface area contributed by atoms with Gasteiger partial charge in [-0.1, -0.05) is 6.42 Å². The number of rotatable bonds is 4. The molecular formula is C14H24N4. The molecule has 2 N–H and O–H groups in total. The van der Waals surface area contributed by atoms with E-state index in [0.29, 0.717) is 6.04 Å². The highest BCUT2D eigenvalue weighted by Crippen LogP contribution is 2.32. The first kappa shape index (κ1) is 12.2. The number of hydrogen-bond acceptors (Lipinski definition) is 3. The Kier molecular flexibility index (Phi) is 3.66. The van der Waals surface area contributed by atoms with E-state index < -0.39 is 0 Å². The summed E-state index contributed by atoms with van der Waals surface area (Å²) >= 11 is 0. The number of nitrogens with zero attached hydrogens (tertiary/aromatic N) is 2. The van der Waals surface area contributed by atoms with Crippen LogP contribution in [0, 0.1) is 5.92 Å². The van der Waals surface area contributed by atoms with Crippen LogP contribution in [0.25, 0.3) is 0 Å². The molecule has 3 atom stereocenters. The Bertz CT molecular complexity index is 381. The summed E-state index contributed by atoms with van der Waals surface area (Å²) < 4.78 is 1.88. The van der Waals surface area contributed by atoms with E-state index in [1.54, 1.807) is 0 Å². The normalized spacial score (nSPS) is 32.2. The average molecular weight is 248 g/mol. The molecular weight excluding hydrogens is 224 g/mol. The van der Waals surface area contributed by atoms with E-state index >= 15 is 0 Å². The van der Waals surface area contributed by atoms with E-state index in [9.17, 15) is 0 Å². The van der Waals surface area contributed by atoms with Crippen LogP contribution in [-0.2, 0) is 13.6 Å². The number of hydrogen-bond donors (Lipinski definition) is 2. The Balaban J connectivity index is 1.54. The van der Waals surface area contributed by atoms with Crippen molar-refractivity contribution in [3.63, 3.8) is 0 Å². The second-order valence-corrected chi connectivity index (χ2v) is 5.81. The van der Waals surface area contributed by atoms with Crippen LogP contribution in [-0.4, -0.2) is 28.4 Å². The molecule has 0 amide bonds. The van der Waals surface area contributed by atoms with Gasteiger partial charge in [-0.15, -0.1) is 0 Å². The maximum Gasteiger partial charge on any atom is 0.0534 e. The summed E-state index contributed by atoms with van der Waals surface area (Å²) in [7, 11) is 1.98. The van der Waals surface area contributed by atoms with Gasteiger partial charge >= 0.3 is 0 Å². The SMILES string of the molecule is Cn1cc(CNC2CCCC2C2CCCN2)cn1. The van der Waals surface area contributed by atoms with Crippen molar-refractivity contribution in [1.82, 2.24) is 20.4 Å². The molecule has 1 aliphatic carbocycles. The average Bonchev–Trinajstić information content (AvgIpc) is 3.07. The highest BCUT2D eigenvalue weighted by Gasteiger charge is 2.34. The maximum atomic E-state index is 4.22. The molecule has 0 spiro atoms. The lowest BCUT2D eigenvalue weighted by atomic mass is 9.93. The number of nitrogens with one attached hydrogen (secondary N) is 2. The van der Waals surface area contributed by atoms with Crippen LogP contribution in [0.1, 0.15) is 37.7 Å². The minimum Gasteiger partial charge on any atom is -0.314 e. The van der Waals surface area contributed by atoms with Gasteiger partial charge in [0.1, 0.15) is 0 Å². The molecule has 3 unspecified atom stereocenters. The van der Waals surface area contributed by atoms with Crippen LogP contribution < -0.4 is 10.6 Å². The first-order chi connectivity index (χ1) is 8.83. The fourth-order valence-corrected chi connectivity index (χ4v) is 3.61. The fraction of sp³-hybridized carbons (Fsp3) is 0.786. The van der Waals surface area contributed by atoms with Gasteiger partial charge in [-0.3, -0.25) is 4.68 Å². The zero-order chi connectivity index (χ0) is 12.4. The molecule has 2 fully saturated rings. The lowest BCUT2D eigenvalue weighted by Gasteiger charge is -2.26. The van der Waals surface area contributed by atoms with Crippen LogP contribution in [0.5, 0.6) is 0 Å². The summed E-state index contributed by atoms with van der Waals surface area (Å²) in [5, 5.41) is 11.6. The number of aromatic nitrogens is 2. The third-order valence-corrected chi connectivity index (χ3v) is 4.51. The largest absolute Gasteiger partial charge is 0.314 e. The lowest BCUT2D eigenvalue weighted by Crippen LogP contribution is -2.41. The molecule has 4 heteroatoms. The third-order valence-electron chi connectivity index (χ3n) is 4.51. The van der Waals surface area contributed by atoms with Crippen molar-refractivity contribution < 1.29 is 0 Å². The predicted octanol–water partition coefficient (Wildman–Crippen LogP) is 1.43. The van der Waals surface area contributed by atoms with Gasteiger partial charge < -0.3 is 10.6 Å². The molecule has 1 saturated carbocycles. The van der Waals surface area contributed by atoms with Crippen molar-refractivity contribution in [1.29, 1.82) is 0 Å². The van der Waals surface area contributed by atoms with Crippen molar-refractivity contribution in [3.05, 3.63) is 18.0 Å². The van der Waals surface area contributed by atoms with Gasteiger partial charge in [-0.25, -0.2) is 0 Å². The molecule has 100 valence electrons. The van der Waals surface area contributed by atoms with Gasteiger partial charge in [0.05, 0.1) is 6.20 Å². The Hall–Kier alpha value is -0.870. The Labute approximate surface area is 109 Å². The standard InChI is InChI=1S/C14H24N4/c1-18-10-11(9-17-18)8-16-14-5-2-4-12(14)13-6-3-7-15-13/h9-10,12-16H,2-8H2,1H3. The van der Waals surface area contributed by atoms with E-state index in [4.69, 9.17) is 0 Å². The zero-order valence-electron chi connectivity index (χ0n) is 11.2. The molecule has 0 radical (unpaired) electrons. The van der Waals surface area contributed by atoms with Crippen molar-refractivity contribution in [2.45, 2.75) is 50.7 Å². The van der Waals surface area contributed by atoms with Gasteiger partial charge in [0.25, 0.3) is 0 Å². The molecule has 2 heterocycles. The third kappa shape index (κ3) is 2.59. The second-order valence-electron chi connectivity index (χ2n) is 5.81. The van der Waals surface area contributed by atoms with Gasteiger partial charge in [0, 0.05) is 37.4 Å². The molecule has 3 rings (SSSR count). The minimum absolute atomic E-state index is 0.695. The minimum atomic E-state index is 0.695. The van der Waals surface area contributed by atoms with Gasteiger partial charge in [0.15, 0.2) is 0 Å². The topological polar surface area (TPSA) is 41.9 Å². The second kappa shape index (κ2) is 5.41. The van der Waals surface area contributed by atoms with Crippen molar-refractivity contribution in [2.24, 2.45) is 13.0 Å². The van der Waals surface area contributed by atoms with Gasteiger partial charge in [-0.05, 0) is 38.1 Å². The molecule has 2 aliphatic rings. The van der Waals surface area contributed by atoms with Crippen LogP contribution in [0.4, 0.5) is 0 Å². The highest BCUT2D eigenvalue weighted by molar-refractivity contribution is 5.04. The van der Waals surface area contributed by atoms with E-state index in [0.717, 1.165) is 18.5 Å². The summed E-state index contributed by atoms with van der Waals surface area (Å²) in [6.45, 7) is 2.18.